The molecule has 3 N–H and O–H groups in total. The number of sulfonamides is 1. The zero-order valence-electron chi connectivity index (χ0n) is 12.9. The van der Waals surface area contributed by atoms with Crippen LogP contribution in [0.4, 0.5) is 0 Å². The Morgan fingerprint density at radius 2 is 2.05 bits per heavy atom. The van der Waals surface area contributed by atoms with Gasteiger partial charge in [0.1, 0.15) is 0 Å². The topological polar surface area (TPSA) is 80.4 Å². The lowest BCUT2D eigenvalue weighted by atomic mass is 9.98. The Kier molecular flexibility index (Phi) is 5.43. The maximum Gasteiger partial charge on any atom is 0.242 e. The lowest BCUT2D eigenvalue weighted by molar-refractivity contribution is 0.220. The summed E-state index contributed by atoms with van der Waals surface area (Å²) in [6.07, 6.45) is 3.76. The molecule has 0 unspecified atom stereocenters. The van der Waals surface area contributed by atoms with E-state index < -0.39 is 10.0 Å². The van der Waals surface area contributed by atoms with E-state index in [2.05, 4.69) is 16.7 Å². The van der Waals surface area contributed by atoms with Crippen molar-refractivity contribution >= 4 is 10.0 Å². The molecule has 2 heterocycles. The predicted molar refractivity (Wildman–Crippen MR) is 83.4 cm³/mol. The minimum atomic E-state index is -3.44. The molecule has 0 amide bonds. The first kappa shape index (κ1) is 16.5. The molecule has 0 saturated carbocycles. The summed E-state index contributed by atoms with van der Waals surface area (Å²) in [7, 11) is -1.34. The number of nitrogens with one attached hydrogen (secondary N) is 1. The van der Waals surface area contributed by atoms with Crippen molar-refractivity contribution in [3.05, 3.63) is 18.0 Å². The van der Waals surface area contributed by atoms with Crippen LogP contribution in [0, 0.1) is 5.92 Å². The molecule has 1 saturated heterocycles. The number of nitrogens with two attached hydrogens (primary N) is 1. The van der Waals surface area contributed by atoms with E-state index in [1.54, 1.807) is 12.3 Å². The molecule has 0 aromatic carbocycles. The molecule has 0 aliphatic carbocycles. The fraction of sp³-hybridized carbons (Fsp3) is 0.714. The standard InChI is InChI=1S/C14H26N4O2S/c1-3-18-11-14(8-13(18)9-15)21(19,20)16-10-12-4-6-17(2)7-5-12/h8,11-12,16H,3-7,9-10,15H2,1-2H3. The van der Waals surface area contributed by atoms with Crippen molar-refractivity contribution in [2.45, 2.75) is 37.8 Å². The van der Waals surface area contributed by atoms with Gasteiger partial charge in [-0.2, -0.15) is 0 Å². The van der Waals surface area contributed by atoms with Crippen LogP contribution in [-0.2, 0) is 23.1 Å². The van der Waals surface area contributed by atoms with E-state index in [0.717, 1.165) is 38.2 Å². The molecule has 1 aliphatic rings. The van der Waals surface area contributed by atoms with Gasteiger partial charge in [0.05, 0.1) is 4.90 Å². The summed E-state index contributed by atoms with van der Waals surface area (Å²) >= 11 is 0. The second-order valence-electron chi connectivity index (χ2n) is 5.76. The van der Waals surface area contributed by atoms with Gasteiger partial charge in [0.15, 0.2) is 0 Å². The van der Waals surface area contributed by atoms with E-state index in [9.17, 15) is 8.42 Å². The average molecular weight is 314 g/mol. The summed E-state index contributed by atoms with van der Waals surface area (Å²) in [5.41, 5.74) is 6.49. The highest BCUT2D eigenvalue weighted by Gasteiger charge is 2.21. The van der Waals surface area contributed by atoms with Crippen molar-refractivity contribution in [3.63, 3.8) is 0 Å². The molecule has 1 aliphatic heterocycles. The van der Waals surface area contributed by atoms with Gasteiger partial charge >= 0.3 is 0 Å². The number of aromatic nitrogens is 1. The van der Waals surface area contributed by atoms with Crippen LogP contribution < -0.4 is 10.5 Å². The first-order valence-corrected chi connectivity index (χ1v) is 9.02. The normalized spacial score (nSPS) is 18.2. The van der Waals surface area contributed by atoms with Crippen molar-refractivity contribution in [1.29, 1.82) is 0 Å². The molecule has 0 radical (unpaired) electrons. The summed E-state index contributed by atoms with van der Waals surface area (Å²) in [5, 5.41) is 0. The molecule has 21 heavy (non-hydrogen) atoms. The minimum absolute atomic E-state index is 0.317. The number of hydrogen-bond acceptors (Lipinski definition) is 4. The number of aryl methyl sites for hydroxylation is 1. The van der Waals surface area contributed by atoms with Crippen LogP contribution in [-0.4, -0.2) is 44.6 Å². The summed E-state index contributed by atoms with van der Waals surface area (Å²) in [5.74, 6) is 0.429. The quantitative estimate of drug-likeness (QED) is 0.805. The predicted octanol–water partition coefficient (Wildman–Crippen LogP) is 0.587. The molecule has 0 spiro atoms. The summed E-state index contributed by atoms with van der Waals surface area (Å²) < 4.78 is 29.3. The number of likely N-dealkylation sites (tertiary alicyclic amines) is 1. The molecule has 1 aromatic heterocycles. The Bertz CT molecular complexity index is 538. The van der Waals surface area contributed by atoms with Crippen LogP contribution in [0.5, 0.6) is 0 Å². The third kappa shape index (κ3) is 4.06. The molecule has 6 nitrogen and oxygen atoms in total. The number of hydrogen-bond donors (Lipinski definition) is 2. The van der Waals surface area contributed by atoms with E-state index in [1.165, 1.54) is 0 Å². The fourth-order valence-corrected chi connectivity index (χ4v) is 3.89. The van der Waals surface area contributed by atoms with E-state index in [1.807, 2.05) is 11.5 Å². The van der Waals surface area contributed by atoms with Gasteiger partial charge in [0.25, 0.3) is 0 Å². The van der Waals surface area contributed by atoms with Crippen molar-refractivity contribution in [1.82, 2.24) is 14.2 Å². The van der Waals surface area contributed by atoms with Gasteiger partial charge in [-0.25, -0.2) is 13.1 Å². The van der Waals surface area contributed by atoms with E-state index in [-0.39, 0.29) is 0 Å². The molecule has 1 aromatic rings. The summed E-state index contributed by atoms with van der Waals surface area (Å²) in [4.78, 5) is 2.60. The highest BCUT2D eigenvalue weighted by Crippen LogP contribution is 2.18. The van der Waals surface area contributed by atoms with Crippen LogP contribution >= 0.6 is 0 Å². The molecule has 0 atom stereocenters. The van der Waals surface area contributed by atoms with Crippen LogP contribution in [0.25, 0.3) is 0 Å². The molecular weight excluding hydrogens is 288 g/mol. The summed E-state index contributed by atoms with van der Waals surface area (Å²) in [6, 6.07) is 1.67. The molecule has 2 rings (SSSR count). The Morgan fingerprint density at radius 3 is 2.57 bits per heavy atom. The fourth-order valence-electron chi connectivity index (χ4n) is 2.72. The lowest BCUT2D eigenvalue weighted by Gasteiger charge is -2.28. The van der Waals surface area contributed by atoms with Crippen LogP contribution in [0.15, 0.2) is 17.2 Å². The van der Waals surface area contributed by atoms with Crippen molar-refractivity contribution in [2.24, 2.45) is 11.7 Å². The van der Waals surface area contributed by atoms with Gasteiger partial charge in [0, 0.05) is 31.5 Å². The molecule has 0 bridgehead atoms. The number of piperidine rings is 1. The third-order valence-corrected chi connectivity index (χ3v) is 5.61. The van der Waals surface area contributed by atoms with Crippen molar-refractivity contribution in [2.75, 3.05) is 26.7 Å². The van der Waals surface area contributed by atoms with Crippen molar-refractivity contribution < 1.29 is 8.42 Å². The van der Waals surface area contributed by atoms with E-state index >= 15 is 0 Å². The molecule has 7 heteroatoms. The largest absolute Gasteiger partial charge is 0.349 e. The highest BCUT2D eigenvalue weighted by molar-refractivity contribution is 7.89. The van der Waals surface area contributed by atoms with Crippen molar-refractivity contribution in [3.8, 4) is 0 Å². The van der Waals surface area contributed by atoms with Crippen LogP contribution in [0.2, 0.25) is 0 Å². The maximum absolute atomic E-state index is 12.4. The van der Waals surface area contributed by atoms with Gasteiger partial charge in [0.2, 0.25) is 10.0 Å². The van der Waals surface area contributed by atoms with Gasteiger partial charge in [-0.05, 0) is 51.9 Å². The van der Waals surface area contributed by atoms with E-state index in [4.69, 9.17) is 5.73 Å². The Labute approximate surface area is 127 Å². The van der Waals surface area contributed by atoms with Gasteiger partial charge in [-0.1, -0.05) is 0 Å². The van der Waals surface area contributed by atoms with E-state index in [0.29, 0.717) is 23.9 Å². The zero-order valence-corrected chi connectivity index (χ0v) is 13.7. The van der Waals surface area contributed by atoms with Gasteiger partial charge in [-0.15, -0.1) is 0 Å². The first-order chi connectivity index (χ1) is 9.96. The Morgan fingerprint density at radius 1 is 1.38 bits per heavy atom. The maximum atomic E-state index is 12.4. The summed E-state index contributed by atoms with van der Waals surface area (Å²) in [6.45, 7) is 5.63. The third-order valence-electron chi connectivity index (χ3n) is 4.22. The monoisotopic (exact) mass is 314 g/mol. The Hall–Kier alpha value is -0.890. The smallest absolute Gasteiger partial charge is 0.242 e. The highest BCUT2D eigenvalue weighted by atomic mass is 32.2. The van der Waals surface area contributed by atoms with Crippen LogP contribution in [0.1, 0.15) is 25.5 Å². The van der Waals surface area contributed by atoms with Crippen LogP contribution in [0.3, 0.4) is 0 Å². The molecule has 1 fully saturated rings. The van der Waals surface area contributed by atoms with Gasteiger partial charge < -0.3 is 15.2 Å². The molecule has 120 valence electrons. The number of nitrogens with zero attached hydrogens (tertiary/aromatic N) is 2. The second kappa shape index (κ2) is 6.91. The minimum Gasteiger partial charge on any atom is -0.349 e. The average Bonchev–Trinajstić information content (AvgIpc) is 2.91. The number of rotatable bonds is 6. The lowest BCUT2D eigenvalue weighted by Crippen LogP contribution is -2.36. The van der Waals surface area contributed by atoms with Gasteiger partial charge in [-0.3, -0.25) is 0 Å². The molecular formula is C14H26N4O2S. The zero-order chi connectivity index (χ0) is 15.5. The Balaban J connectivity index is 1.99. The second-order valence-corrected chi connectivity index (χ2v) is 7.52. The first-order valence-electron chi connectivity index (χ1n) is 7.53. The SMILES string of the molecule is CCn1cc(S(=O)(=O)NCC2CCN(C)CC2)cc1CN.